The number of rotatable bonds is 4. The van der Waals surface area contributed by atoms with Crippen LogP contribution in [0.25, 0.3) is 10.9 Å². The van der Waals surface area contributed by atoms with Crippen LogP contribution in [0.5, 0.6) is 0 Å². The molecule has 146 valence electrons. The summed E-state index contributed by atoms with van der Waals surface area (Å²) in [5.74, 6) is -0.787. The number of hydrogen-bond acceptors (Lipinski definition) is 3. The van der Waals surface area contributed by atoms with Crippen LogP contribution in [0.1, 0.15) is 51.1 Å². The second kappa shape index (κ2) is 7.39. The minimum atomic E-state index is -0.342. The number of hydrogen-bond donors (Lipinski definition) is 2. The molecule has 2 aromatic heterocycles. The van der Waals surface area contributed by atoms with Gasteiger partial charge in [-0.1, -0.05) is 0 Å². The molecule has 0 atom stereocenters. The van der Waals surface area contributed by atoms with Gasteiger partial charge in [0.1, 0.15) is 16.5 Å². The highest BCUT2D eigenvalue weighted by molar-refractivity contribution is 7.17. The minimum absolute atomic E-state index is 0.142. The first kappa shape index (κ1) is 18.7. The average Bonchev–Trinajstić information content (AvgIpc) is 3.19. The fraction of sp³-hybridized carbons (Fsp3) is 0.333. The molecule has 1 aliphatic carbocycles. The van der Waals surface area contributed by atoms with E-state index in [-0.39, 0.29) is 17.6 Å². The first-order valence-electron chi connectivity index (χ1n) is 9.48. The number of anilines is 1. The lowest BCUT2D eigenvalue weighted by Crippen LogP contribution is -2.25. The van der Waals surface area contributed by atoms with E-state index in [0.717, 1.165) is 36.6 Å². The molecule has 28 heavy (non-hydrogen) atoms. The maximum Gasteiger partial charge on any atom is 0.272 e. The van der Waals surface area contributed by atoms with E-state index >= 15 is 0 Å². The summed E-state index contributed by atoms with van der Waals surface area (Å²) in [6.45, 7) is 2.41. The van der Waals surface area contributed by atoms with Crippen LogP contribution >= 0.6 is 11.3 Å². The predicted molar refractivity (Wildman–Crippen MR) is 110 cm³/mol. The lowest BCUT2D eigenvalue weighted by atomic mass is 9.95. The molecule has 5 nitrogen and oxygen atoms in total. The van der Waals surface area contributed by atoms with Gasteiger partial charge in [-0.15, -0.1) is 11.3 Å². The zero-order valence-corrected chi connectivity index (χ0v) is 16.7. The van der Waals surface area contributed by atoms with E-state index in [1.807, 2.05) is 6.92 Å². The number of aryl methyl sites for hydroxylation is 2. The third-order valence-corrected chi connectivity index (χ3v) is 6.41. The van der Waals surface area contributed by atoms with Crippen LogP contribution in [0.4, 0.5) is 9.39 Å². The van der Waals surface area contributed by atoms with E-state index in [0.29, 0.717) is 28.3 Å². The fourth-order valence-electron chi connectivity index (χ4n) is 3.83. The Hall–Kier alpha value is -2.67. The van der Waals surface area contributed by atoms with Crippen molar-refractivity contribution in [3.63, 3.8) is 0 Å². The first-order valence-corrected chi connectivity index (χ1v) is 10.3. The first-order chi connectivity index (χ1) is 13.5. The second-order valence-corrected chi connectivity index (χ2v) is 8.13. The predicted octanol–water partition coefficient (Wildman–Crippen LogP) is 4.26. The molecule has 1 aliphatic rings. The summed E-state index contributed by atoms with van der Waals surface area (Å²) in [7, 11) is 1.74. The fourth-order valence-corrected chi connectivity index (χ4v) is 5.11. The van der Waals surface area contributed by atoms with Crippen molar-refractivity contribution in [2.45, 2.75) is 32.6 Å². The normalized spacial score (nSPS) is 13.4. The molecule has 0 aliphatic heterocycles. The third kappa shape index (κ3) is 3.20. The molecular weight excluding hydrogens is 377 g/mol. The van der Waals surface area contributed by atoms with E-state index in [9.17, 15) is 14.0 Å². The van der Waals surface area contributed by atoms with E-state index in [1.54, 1.807) is 23.7 Å². The Morgan fingerprint density at radius 1 is 1.18 bits per heavy atom. The van der Waals surface area contributed by atoms with Crippen LogP contribution < -0.4 is 10.6 Å². The quantitative estimate of drug-likeness (QED) is 0.689. The average molecular weight is 399 g/mol. The van der Waals surface area contributed by atoms with Crippen LogP contribution in [0.15, 0.2) is 24.3 Å². The molecule has 4 rings (SSSR count). The second-order valence-electron chi connectivity index (χ2n) is 7.02. The van der Waals surface area contributed by atoms with E-state index in [4.69, 9.17) is 0 Å². The van der Waals surface area contributed by atoms with Crippen LogP contribution in [-0.4, -0.2) is 22.9 Å². The van der Waals surface area contributed by atoms with Crippen molar-refractivity contribution in [3.05, 3.63) is 51.8 Å². The summed E-state index contributed by atoms with van der Waals surface area (Å²) in [6.07, 6.45) is 3.96. The molecule has 7 heteroatoms. The van der Waals surface area contributed by atoms with Crippen LogP contribution in [-0.2, 0) is 19.9 Å². The van der Waals surface area contributed by atoms with Crippen LogP contribution in [0, 0.1) is 5.82 Å². The lowest BCUT2D eigenvalue weighted by molar-refractivity contribution is 0.0956. The largest absolute Gasteiger partial charge is 0.352 e. The summed E-state index contributed by atoms with van der Waals surface area (Å²) < 4.78 is 15.2. The molecule has 0 spiro atoms. The topological polar surface area (TPSA) is 63.1 Å². The number of fused-ring (bicyclic) bond motifs is 2. The van der Waals surface area contributed by atoms with Gasteiger partial charge in [-0.2, -0.15) is 0 Å². The Labute approximate surface area is 166 Å². The lowest BCUT2D eigenvalue weighted by Gasteiger charge is -2.13. The number of amides is 2. The zero-order valence-electron chi connectivity index (χ0n) is 15.9. The van der Waals surface area contributed by atoms with Crippen molar-refractivity contribution in [1.82, 2.24) is 9.88 Å². The Morgan fingerprint density at radius 2 is 1.96 bits per heavy atom. The van der Waals surface area contributed by atoms with Gasteiger partial charge in [-0.3, -0.25) is 9.59 Å². The summed E-state index contributed by atoms with van der Waals surface area (Å²) in [5, 5.41) is 7.20. The van der Waals surface area contributed by atoms with Gasteiger partial charge in [-0.05, 0) is 62.4 Å². The van der Waals surface area contributed by atoms with E-state index in [1.165, 1.54) is 28.3 Å². The van der Waals surface area contributed by atoms with Crippen molar-refractivity contribution in [3.8, 4) is 0 Å². The standard InChI is InChI=1S/C21H22FN3O2S/c1-3-23-20(27)18-14-6-4-5-7-17(14)28-21(18)24-19(26)16-10-12-8-9-13(22)11-15(12)25(16)2/h8-11H,3-7H2,1-2H3,(H,23,27)(H,24,26). The van der Waals surface area contributed by atoms with Crippen molar-refractivity contribution in [2.75, 3.05) is 11.9 Å². The number of nitrogens with one attached hydrogen (secondary N) is 2. The highest BCUT2D eigenvalue weighted by Crippen LogP contribution is 2.38. The number of benzene rings is 1. The van der Waals surface area contributed by atoms with Gasteiger partial charge in [0.25, 0.3) is 11.8 Å². The zero-order chi connectivity index (χ0) is 19.8. The molecule has 1 aromatic carbocycles. The molecule has 0 unspecified atom stereocenters. The van der Waals surface area contributed by atoms with E-state index < -0.39 is 0 Å². The SMILES string of the molecule is CCNC(=O)c1c(NC(=O)c2cc3ccc(F)cc3n2C)sc2c1CCCC2. The summed E-state index contributed by atoms with van der Waals surface area (Å²) >= 11 is 1.49. The highest BCUT2D eigenvalue weighted by atomic mass is 32.1. The summed E-state index contributed by atoms with van der Waals surface area (Å²) in [6, 6.07) is 6.19. The number of aromatic nitrogens is 1. The number of carbonyl (C=O) groups excluding carboxylic acids is 2. The molecule has 0 saturated heterocycles. The summed E-state index contributed by atoms with van der Waals surface area (Å²) in [4.78, 5) is 26.8. The molecular formula is C21H22FN3O2S. The van der Waals surface area contributed by atoms with Crippen molar-refractivity contribution in [2.24, 2.45) is 7.05 Å². The number of halogens is 1. The van der Waals surface area contributed by atoms with Gasteiger partial charge in [0.15, 0.2) is 0 Å². The number of carbonyl (C=O) groups is 2. The van der Waals surface area contributed by atoms with Gasteiger partial charge >= 0.3 is 0 Å². The van der Waals surface area contributed by atoms with E-state index in [2.05, 4.69) is 10.6 Å². The van der Waals surface area contributed by atoms with Crippen LogP contribution in [0.2, 0.25) is 0 Å². The Balaban J connectivity index is 1.71. The Kier molecular flexibility index (Phi) is 4.93. The summed E-state index contributed by atoms with van der Waals surface area (Å²) in [5.41, 5.74) is 2.74. The van der Waals surface area contributed by atoms with Crippen LogP contribution in [0.3, 0.4) is 0 Å². The molecule has 0 bridgehead atoms. The molecule has 0 radical (unpaired) electrons. The molecule has 2 amide bonds. The smallest absolute Gasteiger partial charge is 0.272 e. The minimum Gasteiger partial charge on any atom is -0.352 e. The number of nitrogens with zero attached hydrogens (tertiary/aromatic N) is 1. The van der Waals surface area contributed by atoms with Crippen molar-refractivity contribution in [1.29, 1.82) is 0 Å². The maximum atomic E-state index is 13.6. The van der Waals surface area contributed by atoms with Gasteiger partial charge in [-0.25, -0.2) is 4.39 Å². The molecule has 0 saturated carbocycles. The maximum absolute atomic E-state index is 13.6. The van der Waals surface area contributed by atoms with Gasteiger partial charge < -0.3 is 15.2 Å². The monoisotopic (exact) mass is 399 g/mol. The van der Waals surface area contributed by atoms with Crippen molar-refractivity contribution >= 4 is 39.1 Å². The molecule has 2 heterocycles. The molecule has 3 aromatic rings. The Morgan fingerprint density at radius 3 is 2.75 bits per heavy atom. The Bertz CT molecular complexity index is 1080. The third-order valence-electron chi connectivity index (χ3n) is 5.20. The molecule has 0 fully saturated rings. The van der Waals surface area contributed by atoms with Gasteiger partial charge in [0.05, 0.1) is 11.1 Å². The van der Waals surface area contributed by atoms with Gasteiger partial charge in [0.2, 0.25) is 0 Å². The molecule has 2 N–H and O–H groups in total. The highest BCUT2D eigenvalue weighted by Gasteiger charge is 2.27. The van der Waals surface area contributed by atoms with Crippen molar-refractivity contribution < 1.29 is 14.0 Å². The number of thiophene rings is 1. The van der Waals surface area contributed by atoms with Gasteiger partial charge in [0, 0.05) is 23.9 Å².